The number of ether oxygens (including phenoxy) is 1. The van der Waals surface area contributed by atoms with Crippen LogP contribution in [0.1, 0.15) is 19.4 Å². The lowest BCUT2D eigenvalue weighted by Crippen LogP contribution is -2.45. The van der Waals surface area contributed by atoms with Crippen molar-refractivity contribution in [1.29, 1.82) is 0 Å². The summed E-state index contributed by atoms with van der Waals surface area (Å²) in [7, 11) is 0. The van der Waals surface area contributed by atoms with Gasteiger partial charge in [0, 0.05) is 24.3 Å². The van der Waals surface area contributed by atoms with Gasteiger partial charge >= 0.3 is 0 Å². The van der Waals surface area contributed by atoms with Gasteiger partial charge in [-0.3, -0.25) is 0 Å². The summed E-state index contributed by atoms with van der Waals surface area (Å²) in [4.78, 5) is 2.22. The molecule has 0 amide bonds. The Bertz CT molecular complexity index is 483. The van der Waals surface area contributed by atoms with E-state index in [1.807, 2.05) is 12.1 Å². The van der Waals surface area contributed by atoms with Crippen LogP contribution >= 0.6 is 11.6 Å². The molecule has 0 saturated carbocycles. The van der Waals surface area contributed by atoms with Crippen molar-refractivity contribution in [2.24, 2.45) is 10.9 Å². The van der Waals surface area contributed by atoms with Gasteiger partial charge in [0.25, 0.3) is 0 Å². The maximum atomic E-state index is 8.68. The maximum absolute atomic E-state index is 8.68. The van der Waals surface area contributed by atoms with E-state index in [0.29, 0.717) is 10.6 Å². The van der Waals surface area contributed by atoms with E-state index in [0.717, 1.165) is 18.8 Å². The Labute approximate surface area is 117 Å². The van der Waals surface area contributed by atoms with Crippen molar-refractivity contribution in [1.82, 2.24) is 0 Å². The van der Waals surface area contributed by atoms with E-state index >= 15 is 0 Å². The van der Waals surface area contributed by atoms with E-state index in [9.17, 15) is 0 Å². The first-order valence-corrected chi connectivity index (χ1v) is 6.57. The maximum Gasteiger partial charge on any atom is 0.171 e. The van der Waals surface area contributed by atoms with Crippen LogP contribution in [0.25, 0.3) is 0 Å². The molecule has 2 atom stereocenters. The number of nitrogens with two attached hydrogens (primary N) is 1. The van der Waals surface area contributed by atoms with Crippen LogP contribution in [0.5, 0.6) is 0 Å². The van der Waals surface area contributed by atoms with Gasteiger partial charge in [0.05, 0.1) is 17.2 Å². The van der Waals surface area contributed by atoms with E-state index in [1.165, 1.54) is 0 Å². The van der Waals surface area contributed by atoms with Gasteiger partial charge in [-0.25, -0.2) is 0 Å². The fourth-order valence-electron chi connectivity index (χ4n) is 2.35. The molecule has 0 spiro atoms. The number of amidine groups is 1. The van der Waals surface area contributed by atoms with E-state index in [-0.39, 0.29) is 18.0 Å². The second kappa shape index (κ2) is 5.67. The second-order valence-electron chi connectivity index (χ2n) is 4.81. The minimum Gasteiger partial charge on any atom is -0.409 e. The lowest BCUT2D eigenvalue weighted by Gasteiger charge is -2.37. The number of hydrogen-bond acceptors (Lipinski definition) is 4. The number of oxime groups is 1. The fraction of sp³-hybridized carbons (Fsp3) is 0.462. The smallest absolute Gasteiger partial charge is 0.171 e. The summed E-state index contributed by atoms with van der Waals surface area (Å²) in [6, 6.07) is 5.52. The van der Waals surface area contributed by atoms with Crippen LogP contribution in [-0.2, 0) is 4.74 Å². The fourth-order valence-corrected chi connectivity index (χ4v) is 2.62. The number of hydrogen-bond donors (Lipinski definition) is 2. The van der Waals surface area contributed by atoms with Crippen LogP contribution in [0.15, 0.2) is 23.4 Å². The van der Waals surface area contributed by atoms with Crippen molar-refractivity contribution < 1.29 is 9.94 Å². The molecular weight excluding hydrogens is 266 g/mol. The molecular formula is C13H18ClN3O2. The minimum absolute atomic E-state index is 0.0141. The molecule has 1 saturated heterocycles. The molecule has 104 valence electrons. The van der Waals surface area contributed by atoms with E-state index in [1.54, 1.807) is 6.07 Å². The molecule has 1 aliphatic rings. The molecule has 0 bridgehead atoms. The topological polar surface area (TPSA) is 71.1 Å². The largest absolute Gasteiger partial charge is 0.409 e. The SMILES string of the molecule is CC1CN(c2ccc(C(N)=NO)c(Cl)c2)CC(C)O1. The summed E-state index contributed by atoms with van der Waals surface area (Å²) in [6.45, 7) is 5.75. The number of halogens is 1. The monoisotopic (exact) mass is 283 g/mol. The number of morpholine rings is 1. The summed E-state index contributed by atoms with van der Waals surface area (Å²) in [6.07, 6.45) is 0.373. The summed E-state index contributed by atoms with van der Waals surface area (Å²) < 4.78 is 5.70. The lowest BCUT2D eigenvalue weighted by atomic mass is 10.1. The summed E-state index contributed by atoms with van der Waals surface area (Å²) in [5.74, 6) is 0.0141. The van der Waals surface area contributed by atoms with E-state index < -0.39 is 0 Å². The van der Waals surface area contributed by atoms with Gasteiger partial charge in [0.2, 0.25) is 0 Å². The van der Waals surface area contributed by atoms with Crippen LogP contribution in [0, 0.1) is 0 Å². The normalized spacial score (nSPS) is 24.6. The Kier molecular flexibility index (Phi) is 4.17. The number of rotatable bonds is 2. The van der Waals surface area contributed by atoms with Crippen molar-refractivity contribution in [2.75, 3.05) is 18.0 Å². The van der Waals surface area contributed by atoms with Crippen LogP contribution in [-0.4, -0.2) is 36.3 Å². The quantitative estimate of drug-likeness (QED) is 0.377. The molecule has 2 rings (SSSR count). The first-order chi connectivity index (χ1) is 9.01. The lowest BCUT2D eigenvalue weighted by molar-refractivity contribution is -0.00521. The second-order valence-corrected chi connectivity index (χ2v) is 5.22. The third-order valence-electron chi connectivity index (χ3n) is 3.12. The Morgan fingerprint density at radius 2 is 2.05 bits per heavy atom. The first-order valence-electron chi connectivity index (χ1n) is 6.19. The van der Waals surface area contributed by atoms with Gasteiger partial charge in [0.1, 0.15) is 0 Å². The van der Waals surface area contributed by atoms with Gasteiger partial charge in [-0.15, -0.1) is 0 Å². The third-order valence-corrected chi connectivity index (χ3v) is 3.43. The molecule has 1 aliphatic heterocycles. The highest BCUT2D eigenvalue weighted by atomic mass is 35.5. The zero-order chi connectivity index (χ0) is 14.0. The van der Waals surface area contributed by atoms with Crippen molar-refractivity contribution in [3.05, 3.63) is 28.8 Å². The zero-order valence-electron chi connectivity index (χ0n) is 11.0. The first kappa shape index (κ1) is 14.0. The molecule has 1 aromatic carbocycles. The van der Waals surface area contributed by atoms with Crippen LogP contribution in [0.2, 0.25) is 5.02 Å². The van der Waals surface area contributed by atoms with Crippen LogP contribution in [0.3, 0.4) is 0 Å². The van der Waals surface area contributed by atoms with E-state index in [4.69, 9.17) is 27.3 Å². The van der Waals surface area contributed by atoms with Gasteiger partial charge in [-0.1, -0.05) is 16.8 Å². The molecule has 19 heavy (non-hydrogen) atoms. The number of benzene rings is 1. The minimum atomic E-state index is 0.0141. The summed E-state index contributed by atoms with van der Waals surface area (Å²) in [5.41, 5.74) is 7.09. The van der Waals surface area contributed by atoms with Crippen LogP contribution in [0.4, 0.5) is 5.69 Å². The number of anilines is 1. The average molecular weight is 284 g/mol. The van der Waals surface area contributed by atoms with Gasteiger partial charge in [0.15, 0.2) is 5.84 Å². The highest BCUT2D eigenvalue weighted by molar-refractivity contribution is 6.34. The van der Waals surface area contributed by atoms with Crippen molar-refractivity contribution in [2.45, 2.75) is 26.1 Å². The zero-order valence-corrected chi connectivity index (χ0v) is 11.8. The van der Waals surface area contributed by atoms with Gasteiger partial charge in [-0.05, 0) is 32.0 Å². The predicted molar refractivity (Wildman–Crippen MR) is 76.2 cm³/mol. The molecule has 2 unspecified atom stereocenters. The molecule has 1 heterocycles. The Morgan fingerprint density at radius 1 is 1.42 bits per heavy atom. The Hall–Kier alpha value is -1.46. The van der Waals surface area contributed by atoms with Crippen LogP contribution < -0.4 is 10.6 Å². The summed E-state index contributed by atoms with van der Waals surface area (Å²) in [5, 5.41) is 12.1. The summed E-state index contributed by atoms with van der Waals surface area (Å²) >= 11 is 6.17. The van der Waals surface area contributed by atoms with Gasteiger partial charge < -0.3 is 20.6 Å². The highest BCUT2D eigenvalue weighted by Crippen LogP contribution is 2.26. The van der Waals surface area contributed by atoms with Crippen molar-refractivity contribution >= 4 is 23.1 Å². The van der Waals surface area contributed by atoms with Gasteiger partial charge in [-0.2, -0.15) is 0 Å². The molecule has 0 aromatic heterocycles. The predicted octanol–water partition coefficient (Wildman–Crippen LogP) is 2.05. The molecule has 6 heteroatoms. The average Bonchev–Trinajstić information content (AvgIpc) is 2.36. The molecule has 1 fully saturated rings. The number of nitrogens with zero attached hydrogens (tertiary/aromatic N) is 2. The molecule has 3 N–H and O–H groups in total. The third kappa shape index (κ3) is 3.11. The molecule has 0 radical (unpaired) electrons. The highest BCUT2D eigenvalue weighted by Gasteiger charge is 2.22. The van der Waals surface area contributed by atoms with Crippen molar-refractivity contribution in [3.8, 4) is 0 Å². The Balaban J connectivity index is 2.24. The van der Waals surface area contributed by atoms with Crippen molar-refractivity contribution in [3.63, 3.8) is 0 Å². The van der Waals surface area contributed by atoms with E-state index in [2.05, 4.69) is 23.9 Å². The molecule has 5 nitrogen and oxygen atoms in total. The standard InChI is InChI=1S/C13H18ClN3O2/c1-8-6-17(7-9(2)19-8)10-3-4-11(12(14)5-10)13(15)16-18/h3-5,8-9,18H,6-7H2,1-2H3,(H2,15,16). The Morgan fingerprint density at radius 3 is 2.58 bits per heavy atom. The molecule has 1 aromatic rings. The molecule has 0 aliphatic carbocycles.